The van der Waals surface area contributed by atoms with Crippen LogP contribution in [0.2, 0.25) is 0 Å². The van der Waals surface area contributed by atoms with Crippen molar-refractivity contribution >= 4 is 11.8 Å². The second-order valence-electron chi connectivity index (χ2n) is 4.60. The van der Waals surface area contributed by atoms with E-state index < -0.39 is 42.7 Å². The van der Waals surface area contributed by atoms with Gasteiger partial charge in [0, 0.05) is 12.6 Å². The number of nitrogens with one attached hydrogen (secondary N) is 1. The third kappa shape index (κ3) is 4.48. The van der Waals surface area contributed by atoms with Gasteiger partial charge in [0.2, 0.25) is 17.7 Å². The molecule has 1 fully saturated rings. The molecule has 1 atom stereocenters. The second kappa shape index (κ2) is 6.08. The lowest BCUT2D eigenvalue weighted by atomic mass is 10.0. The molecule has 122 valence electrons. The number of alkyl halides is 6. The lowest BCUT2D eigenvalue weighted by molar-refractivity contribution is -0.278. The summed E-state index contributed by atoms with van der Waals surface area (Å²) in [6, 6.07) is -0.933. The minimum atomic E-state index is -5.79. The molecule has 0 spiro atoms. The van der Waals surface area contributed by atoms with Gasteiger partial charge in [-0.1, -0.05) is 0 Å². The smallest absolute Gasteiger partial charge is 0.368 e. The maximum absolute atomic E-state index is 12.6. The molecule has 0 aromatic heterocycles. The summed E-state index contributed by atoms with van der Waals surface area (Å²) in [5.74, 6) is -7.55. The van der Waals surface area contributed by atoms with E-state index in [1.54, 1.807) is 0 Å². The van der Waals surface area contributed by atoms with Gasteiger partial charge in [-0.2, -0.15) is 26.3 Å². The normalized spacial score (nSPS) is 19.9. The summed E-state index contributed by atoms with van der Waals surface area (Å²) in [5.41, 5.74) is 4.80. The molecule has 1 aliphatic heterocycles. The minimum Gasteiger partial charge on any atom is -0.368 e. The molecular weight excluding hydrogens is 308 g/mol. The first kappa shape index (κ1) is 17.5. The maximum Gasteiger partial charge on any atom is 0.409 e. The second-order valence-corrected chi connectivity index (χ2v) is 4.60. The van der Waals surface area contributed by atoms with E-state index in [0.29, 0.717) is 6.54 Å². The number of hydrogen-bond acceptors (Lipinski definition) is 3. The van der Waals surface area contributed by atoms with Crippen molar-refractivity contribution in [2.45, 2.75) is 24.8 Å². The molecule has 0 aromatic rings. The van der Waals surface area contributed by atoms with Crippen molar-refractivity contribution in [2.24, 2.45) is 11.7 Å². The van der Waals surface area contributed by atoms with E-state index in [4.69, 9.17) is 5.73 Å². The molecule has 1 unspecified atom stereocenters. The molecule has 11 heteroatoms. The van der Waals surface area contributed by atoms with Gasteiger partial charge >= 0.3 is 12.4 Å². The molecule has 2 amide bonds. The fourth-order valence-corrected chi connectivity index (χ4v) is 2.09. The number of hydrogen-bond donors (Lipinski definition) is 2. The molecule has 0 saturated carbocycles. The topological polar surface area (TPSA) is 75.4 Å². The van der Waals surface area contributed by atoms with Gasteiger partial charge in [0.25, 0.3) is 0 Å². The van der Waals surface area contributed by atoms with Crippen LogP contribution >= 0.6 is 0 Å². The van der Waals surface area contributed by atoms with E-state index in [9.17, 15) is 35.9 Å². The zero-order chi connectivity index (χ0) is 16.4. The van der Waals surface area contributed by atoms with Crippen LogP contribution in [0.5, 0.6) is 0 Å². The average Bonchev–Trinajstić information content (AvgIpc) is 2.73. The Morgan fingerprint density at radius 3 is 2.05 bits per heavy atom. The molecular formula is C10H13F6N3O2. The summed E-state index contributed by atoms with van der Waals surface area (Å²) in [6.07, 6.45) is -11.4. The van der Waals surface area contributed by atoms with E-state index >= 15 is 0 Å². The first-order chi connectivity index (χ1) is 9.44. The van der Waals surface area contributed by atoms with Crippen molar-refractivity contribution < 1.29 is 35.9 Å². The van der Waals surface area contributed by atoms with Crippen molar-refractivity contribution in [1.82, 2.24) is 10.2 Å². The highest BCUT2D eigenvalue weighted by molar-refractivity contribution is 5.86. The Balaban J connectivity index is 3.08. The summed E-state index contributed by atoms with van der Waals surface area (Å²) in [7, 11) is 0. The third-order valence-corrected chi connectivity index (χ3v) is 2.99. The molecule has 21 heavy (non-hydrogen) atoms. The summed E-state index contributed by atoms with van der Waals surface area (Å²) < 4.78 is 75.3. The van der Waals surface area contributed by atoms with Gasteiger partial charge in [-0.25, -0.2) is 0 Å². The lowest BCUT2D eigenvalue weighted by Gasteiger charge is -2.32. The first-order valence-electron chi connectivity index (χ1n) is 5.87. The lowest BCUT2D eigenvalue weighted by Crippen LogP contribution is -2.55. The fourth-order valence-electron chi connectivity index (χ4n) is 2.09. The number of carbonyl (C=O) groups is 2. The largest absolute Gasteiger partial charge is 0.409 e. The molecule has 0 aromatic carbocycles. The predicted molar refractivity (Wildman–Crippen MR) is 57.8 cm³/mol. The fraction of sp³-hybridized carbons (Fsp3) is 0.800. The summed E-state index contributed by atoms with van der Waals surface area (Å²) in [4.78, 5) is 22.8. The van der Waals surface area contributed by atoms with E-state index in [0.717, 1.165) is 0 Å². The van der Waals surface area contributed by atoms with Gasteiger partial charge in [-0.15, -0.1) is 0 Å². The minimum absolute atomic E-state index is 0.00144. The number of nitrogens with zero attached hydrogens (tertiary/aromatic N) is 1. The van der Waals surface area contributed by atoms with Crippen LogP contribution in [-0.2, 0) is 9.59 Å². The number of amides is 2. The van der Waals surface area contributed by atoms with Crippen LogP contribution in [0.4, 0.5) is 26.3 Å². The van der Waals surface area contributed by atoms with Crippen molar-refractivity contribution in [3.8, 4) is 0 Å². The van der Waals surface area contributed by atoms with Crippen LogP contribution in [0.25, 0.3) is 0 Å². The van der Waals surface area contributed by atoms with Crippen molar-refractivity contribution in [3.05, 3.63) is 0 Å². The van der Waals surface area contributed by atoms with Gasteiger partial charge in [0.15, 0.2) is 0 Å². The molecule has 1 heterocycles. The Hall–Kier alpha value is -1.52. The monoisotopic (exact) mass is 321 g/mol. The van der Waals surface area contributed by atoms with E-state index in [1.165, 1.54) is 0 Å². The number of nitrogens with two attached hydrogens (primary N) is 1. The Morgan fingerprint density at radius 1 is 1.19 bits per heavy atom. The molecule has 1 rings (SSSR count). The van der Waals surface area contributed by atoms with Gasteiger partial charge in [-0.3, -0.25) is 9.59 Å². The van der Waals surface area contributed by atoms with Crippen LogP contribution in [0.1, 0.15) is 6.42 Å². The highest BCUT2D eigenvalue weighted by atomic mass is 19.4. The van der Waals surface area contributed by atoms with E-state index in [1.807, 2.05) is 0 Å². The highest BCUT2D eigenvalue weighted by Gasteiger charge is 2.62. The summed E-state index contributed by atoms with van der Waals surface area (Å²) in [5, 5.41) is 2.69. The standard InChI is InChI=1S/C10H13F6N3O2/c11-9(12,13)7(10(14,15)16)8(21)19(4-6(17)20)5-1-2-18-3-5/h5,7,18H,1-4H2,(H2,17,20). The van der Waals surface area contributed by atoms with Gasteiger partial charge in [0.1, 0.15) is 0 Å². The van der Waals surface area contributed by atoms with Crippen LogP contribution in [0, 0.1) is 5.92 Å². The summed E-state index contributed by atoms with van der Waals surface area (Å²) in [6.45, 7) is -0.675. The molecule has 0 aliphatic carbocycles. The SMILES string of the molecule is NC(=O)CN(C(=O)C(C(F)(F)F)C(F)(F)F)C1CCNC1. The third-order valence-electron chi connectivity index (χ3n) is 2.99. The zero-order valence-electron chi connectivity index (χ0n) is 10.6. The number of rotatable bonds is 4. The molecule has 0 radical (unpaired) electrons. The van der Waals surface area contributed by atoms with E-state index in [2.05, 4.69) is 5.32 Å². The van der Waals surface area contributed by atoms with Crippen molar-refractivity contribution in [1.29, 1.82) is 0 Å². The van der Waals surface area contributed by atoms with Crippen LogP contribution < -0.4 is 11.1 Å². The maximum atomic E-state index is 12.6. The summed E-state index contributed by atoms with van der Waals surface area (Å²) >= 11 is 0. The van der Waals surface area contributed by atoms with Crippen molar-refractivity contribution in [3.63, 3.8) is 0 Å². The Kier molecular flexibility index (Phi) is 5.07. The molecule has 0 bridgehead atoms. The van der Waals surface area contributed by atoms with Gasteiger partial charge in [0.05, 0.1) is 6.54 Å². The van der Waals surface area contributed by atoms with Crippen molar-refractivity contribution in [2.75, 3.05) is 19.6 Å². The molecule has 1 saturated heterocycles. The number of halogens is 6. The highest BCUT2D eigenvalue weighted by Crippen LogP contribution is 2.40. The number of carbonyl (C=O) groups excluding carboxylic acids is 2. The predicted octanol–water partition coefficient (Wildman–Crippen LogP) is 0.403. The average molecular weight is 321 g/mol. The molecule has 1 aliphatic rings. The van der Waals surface area contributed by atoms with Crippen LogP contribution in [0.3, 0.4) is 0 Å². The first-order valence-corrected chi connectivity index (χ1v) is 5.87. The van der Waals surface area contributed by atoms with Crippen LogP contribution in [-0.4, -0.2) is 54.7 Å². The quantitative estimate of drug-likeness (QED) is 0.736. The Labute approximate surface area is 115 Å². The zero-order valence-corrected chi connectivity index (χ0v) is 10.6. The molecule has 5 nitrogen and oxygen atoms in total. The van der Waals surface area contributed by atoms with E-state index in [-0.39, 0.29) is 17.9 Å². The number of primary amides is 1. The Bertz CT molecular complexity index is 389. The van der Waals surface area contributed by atoms with Gasteiger partial charge in [-0.05, 0) is 13.0 Å². The van der Waals surface area contributed by atoms with Gasteiger partial charge < -0.3 is 16.0 Å². The molecule has 3 N–H and O–H groups in total. The van der Waals surface area contributed by atoms with Crippen LogP contribution in [0.15, 0.2) is 0 Å². The Morgan fingerprint density at radius 2 is 1.71 bits per heavy atom.